The van der Waals surface area contributed by atoms with Crippen LogP contribution in [0.2, 0.25) is 5.02 Å². The van der Waals surface area contributed by atoms with Gasteiger partial charge in [-0.05, 0) is 47.9 Å². The Labute approximate surface area is 168 Å². The summed E-state index contributed by atoms with van der Waals surface area (Å²) in [6.45, 7) is 1.22. The lowest BCUT2D eigenvalue weighted by Crippen LogP contribution is -2.36. The van der Waals surface area contributed by atoms with Gasteiger partial charge in [0, 0.05) is 36.2 Å². The lowest BCUT2D eigenvalue weighted by Gasteiger charge is -2.28. The third-order valence-corrected chi connectivity index (χ3v) is 5.02. The molecule has 2 amide bonds. The van der Waals surface area contributed by atoms with Gasteiger partial charge >= 0.3 is 0 Å². The van der Waals surface area contributed by atoms with Gasteiger partial charge in [-0.1, -0.05) is 35.9 Å². The highest BCUT2D eigenvalue weighted by Gasteiger charge is 2.22. The molecule has 140 valence electrons. The molecular formula is C22H18ClN3O2. The first-order valence-corrected chi connectivity index (χ1v) is 9.36. The SMILES string of the molecule is O=C(Nc1ccc(Cl)cc1)c1cncc(C(=O)N2CCc3ccccc3C2)c1. The van der Waals surface area contributed by atoms with Crippen LogP contribution in [0.15, 0.2) is 67.0 Å². The number of nitrogens with one attached hydrogen (secondary N) is 1. The van der Waals surface area contributed by atoms with Gasteiger partial charge < -0.3 is 10.2 Å². The molecule has 0 bridgehead atoms. The lowest BCUT2D eigenvalue weighted by atomic mass is 9.99. The zero-order valence-corrected chi connectivity index (χ0v) is 15.8. The number of halogens is 1. The molecule has 0 unspecified atom stereocenters. The van der Waals surface area contributed by atoms with Crippen molar-refractivity contribution >= 4 is 29.1 Å². The Morgan fingerprint density at radius 2 is 1.68 bits per heavy atom. The number of carbonyl (C=O) groups is 2. The van der Waals surface area contributed by atoms with Gasteiger partial charge in [0.2, 0.25) is 0 Å². The predicted octanol–water partition coefficient (Wildman–Crippen LogP) is 4.19. The zero-order chi connectivity index (χ0) is 19.5. The van der Waals surface area contributed by atoms with Crippen molar-refractivity contribution in [2.75, 3.05) is 11.9 Å². The Bertz CT molecular complexity index is 1030. The van der Waals surface area contributed by atoms with Gasteiger partial charge in [-0.3, -0.25) is 14.6 Å². The van der Waals surface area contributed by atoms with Gasteiger partial charge in [0.15, 0.2) is 0 Å². The molecule has 0 saturated heterocycles. The topological polar surface area (TPSA) is 62.3 Å². The van der Waals surface area contributed by atoms with Crippen LogP contribution in [0.1, 0.15) is 31.8 Å². The van der Waals surface area contributed by atoms with Crippen molar-refractivity contribution < 1.29 is 9.59 Å². The first-order valence-electron chi connectivity index (χ1n) is 8.98. The van der Waals surface area contributed by atoms with Crippen LogP contribution in [0.5, 0.6) is 0 Å². The van der Waals surface area contributed by atoms with Gasteiger partial charge in [-0.15, -0.1) is 0 Å². The van der Waals surface area contributed by atoms with Crippen LogP contribution in [0.4, 0.5) is 5.69 Å². The molecule has 28 heavy (non-hydrogen) atoms. The highest BCUT2D eigenvalue weighted by molar-refractivity contribution is 6.30. The predicted molar refractivity (Wildman–Crippen MR) is 109 cm³/mol. The molecule has 5 nitrogen and oxygen atoms in total. The molecule has 2 aromatic carbocycles. The van der Waals surface area contributed by atoms with Crippen LogP contribution >= 0.6 is 11.6 Å². The summed E-state index contributed by atoms with van der Waals surface area (Å²) in [6.07, 6.45) is 3.78. The van der Waals surface area contributed by atoms with Gasteiger partial charge in [-0.25, -0.2) is 0 Å². The molecular weight excluding hydrogens is 374 g/mol. The van der Waals surface area contributed by atoms with Gasteiger partial charge in [-0.2, -0.15) is 0 Å². The van der Waals surface area contributed by atoms with E-state index in [9.17, 15) is 9.59 Å². The third-order valence-electron chi connectivity index (χ3n) is 4.77. The number of benzene rings is 2. The number of aromatic nitrogens is 1. The summed E-state index contributed by atoms with van der Waals surface area (Å²) >= 11 is 5.86. The van der Waals surface area contributed by atoms with Crippen molar-refractivity contribution in [3.05, 3.63) is 94.3 Å². The zero-order valence-electron chi connectivity index (χ0n) is 15.1. The van der Waals surface area contributed by atoms with Crippen molar-refractivity contribution in [3.8, 4) is 0 Å². The first-order chi connectivity index (χ1) is 13.6. The average Bonchev–Trinajstić information content (AvgIpc) is 2.74. The molecule has 0 spiro atoms. The Kier molecular flexibility index (Phi) is 5.08. The Morgan fingerprint density at radius 3 is 2.46 bits per heavy atom. The largest absolute Gasteiger partial charge is 0.334 e. The number of amides is 2. The average molecular weight is 392 g/mol. The second kappa shape index (κ2) is 7.82. The maximum atomic E-state index is 12.9. The van der Waals surface area contributed by atoms with Crippen molar-refractivity contribution in [1.82, 2.24) is 9.88 Å². The van der Waals surface area contributed by atoms with E-state index in [1.807, 2.05) is 18.2 Å². The summed E-state index contributed by atoms with van der Waals surface area (Å²) in [4.78, 5) is 31.3. The highest BCUT2D eigenvalue weighted by Crippen LogP contribution is 2.21. The number of fused-ring (bicyclic) bond motifs is 1. The Morgan fingerprint density at radius 1 is 0.964 bits per heavy atom. The van der Waals surface area contributed by atoms with E-state index in [2.05, 4.69) is 16.4 Å². The third kappa shape index (κ3) is 3.89. The number of pyridine rings is 1. The summed E-state index contributed by atoms with van der Waals surface area (Å²) < 4.78 is 0. The van der Waals surface area contributed by atoms with Gasteiger partial charge in [0.25, 0.3) is 11.8 Å². The molecule has 2 heterocycles. The number of hydrogen-bond acceptors (Lipinski definition) is 3. The summed E-state index contributed by atoms with van der Waals surface area (Å²) in [5, 5.41) is 3.37. The quantitative estimate of drug-likeness (QED) is 0.728. The van der Waals surface area contributed by atoms with E-state index in [4.69, 9.17) is 11.6 Å². The molecule has 4 rings (SSSR count). The van der Waals surface area contributed by atoms with Crippen molar-refractivity contribution in [1.29, 1.82) is 0 Å². The molecule has 3 aromatic rings. The minimum absolute atomic E-state index is 0.122. The van der Waals surface area contributed by atoms with Gasteiger partial charge in [0.05, 0.1) is 11.1 Å². The van der Waals surface area contributed by atoms with Crippen LogP contribution in [0, 0.1) is 0 Å². The maximum Gasteiger partial charge on any atom is 0.257 e. The number of nitrogens with zero attached hydrogens (tertiary/aromatic N) is 2. The van der Waals surface area contributed by atoms with E-state index in [1.165, 1.54) is 18.0 Å². The monoisotopic (exact) mass is 391 g/mol. The molecule has 0 aliphatic carbocycles. The van der Waals surface area contributed by atoms with E-state index < -0.39 is 0 Å². The van der Waals surface area contributed by atoms with Gasteiger partial charge in [0.1, 0.15) is 0 Å². The summed E-state index contributed by atoms with van der Waals surface area (Å²) in [6, 6.07) is 16.6. The lowest BCUT2D eigenvalue weighted by molar-refractivity contribution is 0.0734. The van der Waals surface area contributed by atoms with Crippen molar-refractivity contribution in [2.45, 2.75) is 13.0 Å². The Hall–Kier alpha value is -3.18. The molecule has 0 radical (unpaired) electrons. The van der Waals surface area contributed by atoms with E-state index in [0.29, 0.717) is 34.9 Å². The molecule has 0 saturated carbocycles. The minimum atomic E-state index is -0.325. The number of rotatable bonds is 3. The van der Waals surface area contributed by atoms with Crippen LogP contribution in [0.3, 0.4) is 0 Å². The molecule has 1 aliphatic rings. The molecule has 0 fully saturated rings. The van der Waals surface area contributed by atoms with E-state index in [0.717, 1.165) is 12.0 Å². The van der Waals surface area contributed by atoms with Crippen molar-refractivity contribution in [2.24, 2.45) is 0 Å². The van der Waals surface area contributed by atoms with Crippen LogP contribution in [-0.2, 0) is 13.0 Å². The van der Waals surface area contributed by atoms with Crippen LogP contribution < -0.4 is 5.32 Å². The van der Waals surface area contributed by atoms with Crippen LogP contribution in [0.25, 0.3) is 0 Å². The van der Waals surface area contributed by atoms with Crippen molar-refractivity contribution in [3.63, 3.8) is 0 Å². The first kappa shape index (κ1) is 18.2. The fourth-order valence-electron chi connectivity index (χ4n) is 3.27. The minimum Gasteiger partial charge on any atom is -0.334 e. The fraction of sp³-hybridized carbons (Fsp3) is 0.136. The standard InChI is InChI=1S/C22H18ClN3O2/c23-19-5-7-20(8-6-19)25-21(27)17-11-18(13-24-12-17)22(28)26-10-9-15-3-1-2-4-16(15)14-26/h1-8,11-13H,9-10,14H2,(H,25,27). The number of anilines is 1. The smallest absolute Gasteiger partial charge is 0.257 e. The number of hydrogen-bond donors (Lipinski definition) is 1. The van der Waals surface area contributed by atoms with E-state index >= 15 is 0 Å². The maximum absolute atomic E-state index is 12.9. The summed E-state index contributed by atoms with van der Waals surface area (Å²) in [5.41, 5.74) is 3.80. The molecule has 1 aliphatic heterocycles. The normalized spacial score (nSPS) is 13.0. The fourth-order valence-corrected chi connectivity index (χ4v) is 3.40. The summed E-state index contributed by atoms with van der Waals surface area (Å²) in [5.74, 6) is -0.448. The second-order valence-electron chi connectivity index (χ2n) is 6.67. The summed E-state index contributed by atoms with van der Waals surface area (Å²) in [7, 11) is 0. The molecule has 1 N–H and O–H groups in total. The Balaban J connectivity index is 1.49. The van der Waals surface area contributed by atoms with E-state index in [-0.39, 0.29) is 11.8 Å². The molecule has 1 aromatic heterocycles. The molecule has 6 heteroatoms. The number of carbonyl (C=O) groups excluding carboxylic acids is 2. The van der Waals surface area contributed by atoms with E-state index in [1.54, 1.807) is 35.2 Å². The van der Waals surface area contributed by atoms with Crippen LogP contribution in [-0.4, -0.2) is 28.2 Å². The molecule has 0 atom stereocenters. The highest BCUT2D eigenvalue weighted by atomic mass is 35.5. The second-order valence-corrected chi connectivity index (χ2v) is 7.11.